The lowest BCUT2D eigenvalue weighted by Crippen LogP contribution is -2.38. The third-order valence-electron chi connectivity index (χ3n) is 3.39. The van der Waals surface area contributed by atoms with Crippen LogP contribution in [0.15, 0.2) is 12.4 Å². The largest absolute Gasteiger partial charge is 0.474 e. The molecule has 2 heterocycles. The van der Waals surface area contributed by atoms with Gasteiger partial charge in [0.15, 0.2) is 0 Å². The van der Waals surface area contributed by atoms with E-state index in [0.29, 0.717) is 17.8 Å². The van der Waals surface area contributed by atoms with Crippen LogP contribution < -0.4 is 15.4 Å². The van der Waals surface area contributed by atoms with E-state index in [2.05, 4.69) is 27.5 Å². The highest BCUT2D eigenvalue weighted by atomic mass is 16.5. The van der Waals surface area contributed by atoms with Gasteiger partial charge >= 0.3 is 0 Å². The number of piperidine rings is 1. The van der Waals surface area contributed by atoms with Gasteiger partial charge in [-0.05, 0) is 52.6 Å². The Labute approximate surface area is 115 Å². The van der Waals surface area contributed by atoms with Gasteiger partial charge in [0.25, 0.3) is 0 Å². The molecule has 1 aliphatic heterocycles. The minimum absolute atomic E-state index is 0.115. The molecule has 1 saturated heterocycles. The van der Waals surface area contributed by atoms with Crippen molar-refractivity contribution in [1.82, 2.24) is 15.3 Å². The number of hydrogen-bond donors (Lipinski definition) is 2. The highest BCUT2D eigenvalue weighted by Crippen LogP contribution is 2.18. The molecule has 0 aliphatic carbocycles. The smallest absolute Gasteiger partial charge is 0.234 e. The van der Waals surface area contributed by atoms with Crippen LogP contribution in [0.1, 0.15) is 33.6 Å². The van der Waals surface area contributed by atoms with E-state index in [1.165, 1.54) is 12.8 Å². The molecule has 1 aromatic heterocycles. The molecule has 0 spiro atoms. The first kappa shape index (κ1) is 14.1. The summed E-state index contributed by atoms with van der Waals surface area (Å²) in [4.78, 5) is 8.60. The molecule has 5 heteroatoms. The number of nitrogens with one attached hydrogen (secondary N) is 2. The van der Waals surface area contributed by atoms with Gasteiger partial charge in [-0.25, -0.2) is 0 Å². The summed E-state index contributed by atoms with van der Waals surface area (Å²) in [6.07, 6.45) is 6.03. The second kappa shape index (κ2) is 6.70. The molecule has 0 radical (unpaired) electrons. The molecule has 19 heavy (non-hydrogen) atoms. The molecule has 0 amide bonds. The number of nitrogens with zero attached hydrogens (tertiary/aromatic N) is 2. The van der Waals surface area contributed by atoms with E-state index >= 15 is 0 Å². The van der Waals surface area contributed by atoms with E-state index < -0.39 is 0 Å². The summed E-state index contributed by atoms with van der Waals surface area (Å²) < 4.78 is 5.56. The summed E-state index contributed by atoms with van der Waals surface area (Å²) in [5.41, 5.74) is 0. The van der Waals surface area contributed by atoms with E-state index in [9.17, 15) is 0 Å². The van der Waals surface area contributed by atoms with E-state index in [-0.39, 0.29) is 6.10 Å². The number of aromatic nitrogens is 2. The van der Waals surface area contributed by atoms with Crippen molar-refractivity contribution in [3.8, 4) is 5.88 Å². The topological polar surface area (TPSA) is 59.1 Å². The summed E-state index contributed by atoms with van der Waals surface area (Å²) in [7, 11) is 0. The molecule has 1 fully saturated rings. The molecular formula is C14H24N4O. The summed E-state index contributed by atoms with van der Waals surface area (Å²) >= 11 is 0. The number of rotatable bonds is 5. The minimum atomic E-state index is 0.115. The van der Waals surface area contributed by atoms with Gasteiger partial charge in [-0.3, -0.25) is 4.98 Å². The Morgan fingerprint density at radius 1 is 1.37 bits per heavy atom. The zero-order valence-electron chi connectivity index (χ0n) is 12.0. The summed E-state index contributed by atoms with van der Waals surface area (Å²) in [6.45, 7) is 8.38. The SMILES string of the molecule is CC(C)Oc1cncc(NC(C)C2CCCNC2)n1. The third kappa shape index (κ3) is 4.35. The normalized spacial score (nSPS) is 21.2. The Bertz CT molecular complexity index is 391. The third-order valence-corrected chi connectivity index (χ3v) is 3.39. The maximum Gasteiger partial charge on any atom is 0.234 e. The van der Waals surface area contributed by atoms with Crippen LogP contribution in [-0.2, 0) is 0 Å². The van der Waals surface area contributed by atoms with Crippen LogP contribution in [0.25, 0.3) is 0 Å². The molecule has 5 nitrogen and oxygen atoms in total. The number of anilines is 1. The van der Waals surface area contributed by atoms with Crippen molar-refractivity contribution < 1.29 is 4.74 Å². The van der Waals surface area contributed by atoms with Crippen LogP contribution in [0, 0.1) is 5.92 Å². The molecule has 2 rings (SSSR count). The lowest BCUT2D eigenvalue weighted by molar-refractivity contribution is 0.232. The Morgan fingerprint density at radius 3 is 2.89 bits per heavy atom. The van der Waals surface area contributed by atoms with Crippen molar-refractivity contribution in [2.75, 3.05) is 18.4 Å². The molecular weight excluding hydrogens is 240 g/mol. The first-order chi connectivity index (χ1) is 9.15. The van der Waals surface area contributed by atoms with Crippen LogP contribution in [0.4, 0.5) is 5.82 Å². The molecule has 2 N–H and O–H groups in total. The van der Waals surface area contributed by atoms with Gasteiger partial charge in [-0.1, -0.05) is 0 Å². The van der Waals surface area contributed by atoms with Gasteiger partial charge < -0.3 is 15.4 Å². The standard InChI is InChI=1S/C14H24N4O/c1-10(2)19-14-9-16-8-13(18-14)17-11(3)12-5-4-6-15-7-12/h8-12,15H,4-7H2,1-3H3,(H,17,18). The van der Waals surface area contributed by atoms with E-state index in [1.54, 1.807) is 12.4 Å². The highest BCUT2D eigenvalue weighted by molar-refractivity contribution is 5.34. The summed E-state index contributed by atoms with van der Waals surface area (Å²) in [5, 5.41) is 6.87. The van der Waals surface area contributed by atoms with Crippen molar-refractivity contribution in [2.45, 2.75) is 45.8 Å². The molecule has 2 unspecified atom stereocenters. The highest BCUT2D eigenvalue weighted by Gasteiger charge is 2.20. The first-order valence-electron chi connectivity index (χ1n) is 7.11. The van der Waals surface area contributed by atoms with Crippen LogP contribution in [0.5, 0.6) is 5.88 Å². The van der Waals surface area contributed by atoms with E-state index in [1.807, 2.05) is 13.8 Å². The first-order valence-corrected chi connectivity index (χ1v) is 7.11. The average Bonchev–Trinajstić information content (AvgIpc) is 2.39. The predicted octanol–water partition coefficient (Wildman–Crippen LogP) is 2.06. The molecule has 0 bridgehead atoms. The Balaban J connectivity index is 1.93. The maximum atomic E-state index is 5.56. The fourth-order valence-electron chi connectivity index (χ4n) is 2.37. The molecule has 0 aromatic carbocycles. The van der Waals surface area contributed by atoms with Gasteiger partial charge in [0.2, 0.25) is 5.88 Å². The van der Waals surface area contributed by atoms with Gasteiger partial charge in [0.1, 0.15) is 5.82 Å². The second-order valence-electron chi connectivity index (χ2n) is 5.45. The van der Waals surface area contributed by atoms with Crippen molar-refractivity contribution >= 4 is 5.82 Å². The van der Waals surface area contributed by atoms with Crippen LogP contribution >= 0.6 is 0 Å². The van der Waals surface area contributed by atoms with E-state index in [0.717, 1.165) is 18.9 Å². The predicted molar refractivity (Wildman–Crippen MR) is 76.5 cm³/mol. The second-order valence-corrected chi connectivity index (χ2v) is 5.45. The lowest BCUT2D eigenvalue weighted by Gasteiger charge is -2.29. The van der Waals surface area contributed by atoms with Gasteiger partial charge in [0, 0.05) is 6.04 Å². The Kier molecular flexibility index (Phi) is 4.96. The van der Waals surface area contributed by atoms with Crippen molar-refractivity contribution in [3.63, 3.8) is 0 Å². The minimum Gasteiger partial charge on any atom is -0.474 e. The Morgan fingerprint density at radius 2 is 2.21 bits per heavy atom. The van der Waals surface area contributed by atoms with Crippen molar-refractivity contribution in [3.05, 3.63) is 12.4 Å². The molecule has 2 atom stereocenters. The molecule has 0 saturated carbocycles. The van der Waals surface area contributed by atoms with Gasteiger partial charge in [-0.15, -0.1) is 0 Å². The molecule has 106 valence electrons. The van der Waals surface area contributed by atoms with Crippen LogP contribution in [-0.4, -0.2) is 35.2 Å². The fraction of sp³-hybridized carbons (Fsp3) is 0.714. The molecule has 1 aromatic rings. The van der Waals surface area contributed by atoms with Gasteiger partial charge in [-0.2, -0.15) is 4.98 Å². The number of ether oxygens (including phenoxy) is 1. The van der Waals surface area contributed by atoms with Crippen molar-refractivity contribution in [2.24, 2.45) is 5.92 Å². The molecule has 1 aliphatic rings. The zero-order valence-corrected chi connectivity index (χ0v) is 12.0. The van der Waals surface area contributed by atoms with Gasteiger partial charge in [0.05, 0.1) is 18.5 Å². The van der Waals surface area contributed by atoms with Crippen molar-refractivity contribution in [1.29, 1.82) is 0 Å². The lowest BCUT2D eigenvalue weighted by atomic mass is 9.93. The summed E-state index contributed by atoms with van der Waals surface area (Å²) in [6, 6.07) is 0.386. The quantitative estimate of drug-likeness (QED) is 0.852. The number of hydrogen-bond acceptors (Lipinski definition) is 5. The maximum absolute atomic E-state index is 5.56. The van der Waals surface area contributed by atoms with E-state index in [4.69, 9.17) is 4.74 Å². The van der Waals surface area contributed by atoms with Crippen LogP contribution in [0.2, 0.25) is 0 Å². The van der Waals surface area contributed by atoms with Crippen LogP contribution in [0.3, 0.4) is 0 Å². The summed E-state index contributed by atoms with van der Waals surface area (Å²) in [5.74, 6) is 2.01. The Hall–Kier alpha value is -1.36. The fourth-order valence-corrected chi connectivity index (χ4v) is 2.37. The monoisotopic (exact) mass is 264 g/mol. The zero-order chi connectivity index (χ0) is 13.7. The average molecular weight is 264 g/mol.